The molecule has 0 fully saturated rings. The Morgan fingerprint density at radius 2 is 1.71 bits per heavy atom. The molecule has 21 heavy (non-hydrogen) atoms. The minimum Gasteiger partial charge on any atom is -0.491 e. The van der Waals surface area contributed by atoms with Crippen LogP contribution in [0.3, 0.4) is 0 Å². The van der Waals surface area contributed by atoms with E-state index >= 15 is 0 Å². The number of anilines is 3. The number of ketones is 1. The Morgan fingerprint density at radius 3 is 2.24 bits per heavy atom. The van der Waals surface area contributed by atoms with E-state index in [2.05, 4.69) is 5.32 Å². The summed E-state index contributed by atoms with van der Waals surface area (Å²) in [6.45, 7) is 5.49. The third-order valence-electron chi connectivity index (χ3n) is 2.95. The summed E-state index contributed by atoms with van der Waals surface area (Å²) in [5.74, 6) is 0.802. The standard InChI is InChI=1S/C17H20N2O2/c1-11(2)21-15-7-4-13(5-8-15)19-14-6-9-16(12(3)20)17(18)10-14/h4-11,19H,18H2,1-3H3. The van der Waals surface area contributed by atoms with Crippen LogP contribution in [0.4, 0.5) is 17.1 Å². The molecular formula is C17H20N2O2. The summed E-state index contributed by atoms with van der Waals surface area (Å²) in [5, 5.41) is 3.24. The van der Waals surface area contributed by atoms with Gasteiger partial charge in [0.2, 0.25) is 0 Å². The van der Waals surface area contributed by atoms with Crippen LogP contribution in [0.2, 0.25) is 0 Å². The molecule has 0 amide bonds. The van der Waals surface area contributed by atoms with Crippen LogP contribution in [0.5, 0.6) is 5.75 Å². The summed E-state index contributed by atoms with van der Waals surface area (Å²) in [5.41, 5.74) is 8.67. The van der Waals surface area contributed by atoms with Gasteiger partial charge in [-0.1, -0.05) is 0 Å². The zero-order chi connectivity index (χ0) is 15.4. The molecule has 0 aliphatic rings. The third kappa shape index (κ3) is 3.99. The first-order valence-corrected chi connectivity index (χ1v) is 6.90. The molecule has 0 aromatic heterocycles. The molecule has 4 nitrogen and oxygen atoms in total. The van der Waals surface area contributed by atoms with Crippen molar-refractivity contribution in [2.24, 2.45) is 0 Å². The van der Waals surface area contributed by atoms with Gasteiger partial charge in [0.05, 0.1) is 6.10 Å². The zero-order valence-corrected chi connectivity index (χ0v) is 12.5. The molecule has 0 saturated carbocycles. The number of carbonyl (C=O) groups is 1. The first kappa shape index (κ1) is 14.9. The number of hydrogen-bond donors (Lipinski definition) is 2. The van der Waals surface area contributed by atoms with Gasteiger partial charge in [0.15, 0.2) is 5.78 Å². The number of Topliss-reactive ketones (excluding diaryl/α,β-unsaturated/α-hetero) is 1. The van der Waals surface area contributed by atoms with Crippen LogP contribution in [0.25, 0.3) is 0 Å². The average Bonchev–Trinajstić information content (AvgIpc) is 2.40. The summed E-state index contributed by atoms with van der Waals surface area (Å²) in [4.78, 5) is 11.3. The minimum absolute atomic E-state index is 0.0331. The van der Waals surface area contributed by atoms with Crippen molar-refractivity contribution in [2.45, 2.75) is 26.9 Å². The monoisotopic (exact) mass is 284 g/mol. The van der Waals surface area contributed by atoms with Gasteiger partial charge in [0.25, 0.3) is 0 Å². The van der Waals surface area contributed by atoms with Gasteiger partial charge < -0.3 is 15.8 Å². The first-order chi connectivity index (χ1) is 9.95. The second-order valence-corrected chi connectivity index (χ2v) is 5.17. The largest absolute Gasteiger partial charge is 0.491 e. The van der Waals surface area contributed by atoms with Crippen LogP contribution >= 0.6 is 0 Å². The highest BCUT2D eigenvalue weighted by molar-refractivity contribution is 5.99. The van der Waals surface area contributed by atoms with Gasteiger partial charge in [-0.05, 0) is 63.2 Å². The van der Waals surface area contributed by atoms with Gasteiger partial charge in [-0.3, -0.25) is 4.79 Å². The van der Waals surface area contributed by atoms with Crippen LogP contribution in [-0.2, 0) is 0 Å². The number of hydrogen-bond acceptors (Lipinski definition) is 4. The number of rotatable bonds is 5. The molecule has 2 rings (SSSR count). The van der Waals surface area contributed by atoms with E-state index in [0.717, 1.165) is 17.1 Å². The molecule has 0 spiro atoms. The van der Waals surface area contributed by atoms with E-state index in [1.165, 1.54) is 6.92 Å². The summed E-state index contributed by atoms with van der Waals surface area (Å²) in [7, 11) is 0. The lowest BCUT2D eigenvalue weighted by Gasteiger charge is -2.12. The van der Waals surface area contributed by atoms with Crippen LogP contribution in [0.15, 0.2) is 42.5 Å². The van der Waals surface area contributed by atoms with Crippen molar-refractivity contribution >= 4 is 22.8 Å². The molecule has 4 heteroatoms. The molecule has 0 bridgehead atoms. The van der Waals surface area contributed by atoms with Crippen molar-refractivity contribution in [3.8, 4) is 5.75 Å². The molecule has 2 aromatic rings. The molecule has 3 N–H and O–H groups in total. The van der Waals surface area contributed by atoms with Gasteiger partial charge in [0.1, 0.15) is 5.75 Å². The van der Waals surface area contributed by atoms with Gasteiger partial charge in [-0.2, -0.15) is 0 Å². The summed E-state index contributed by atoms with van der Waals surface area (Å²) >= 11 is 0. The Hall–Kier alpha value is -2.49. The van der Waals surface area contributed by atoms with Crippen molar-refractivity contribution in [3.63, 3.8) is 0 Å². The second-order valence-electron chi connectivity index (χ2n) is 5.17. The van der Waals surface area contributed by atoms with E-state index in [4.69, 9.17) is 10.5 Å². The topological polar surface area (TPSA) is 64.3 Å². The highest BCUT2D eigenvalue weighted by atomic mass is 16.5. The van der Waals surface area contributed by atoms with Crippen LogP contribution in [-0.4, -0.2) is 11.9 Å². The number of benzene rings is 2. The highest BCUT2D eigenvalue weighted by Gasteiger charge is 2.05. The van der Waals surface area contributed by atoms with Crippen molar-refractivity contribution in [1.29, 1.82) is 0 Å². The molecule has 0 aliphatic heterocycles. The molecule has 0 unspecified atom stereocenters. The lowest BCUT2D eigenvalue weighted by molar-refractivity contribution is 0.101. The lowest BCUT2D eigenvalue weighted by Crippen LogP contribution is -2.05. The van der Waals surface area contributed by atoms with Gasteiger partial charge in [-0.15, -0.1) is 0 Å². The maximum absolute atomic E-state index is 11.3. The molecule has 110 valence electrons. The normalized spacial score (nSPS) is 10.5. The van der Waals surface area contributed by atoms with Gasteiger partial charge in [-0.25, -0.2) is 0 Å². The van der Waals surface area contributed by atoms with Crippen molar-refractivity contribution in [2.75, 3.05) is 11.1 Å². The van der Waals surface area contributed by atoms with Gasteiger partial charge in [0, 0.05) is 22.6 Å². The average molecular weight is 284 g/mol. The predicted molar refractivity (Wildman–Crippen MR) is 86.3 cm³/mol. The number of nitrogens with one attached hydrogen (secondary N) is 1. The second kappa shape index (κ2) is 6.31. The van der Waals surface area contributed by atoms with Crippen molar-refractivity contribution < 1.29 is 9.53 Å². The molecular weight excluding hydrogens is 264 g/mol. The van der Waals surface area contributed by atoms with Crippen LogP contribution in [0.1, 0.15) is 31.1 Å². The quantitative estimate of drug-likeness (QED) is 0.643. The van der Waals surface area contributed by atoms with E-state index in [1.807, 2.05) is 44.2 Å². The van der Waals surface area contributed by atoms with E-state index in [1.54, 1.807) is 12.1 Å². The SMILES string of the molecule is CC(=O)c1ccc(Nc2ccc(OC(C)C)cc2)cc1N. The van der Waals surface area contributed by atoms with E-state index < -0.39 is 0 Å². The smallest absolute Gasteiger partial charge is 0.161 e. The highest BCUT2D eigenvalue weighted by Crippen LogP contribution is 2.24. The molecule has 0 aliphatic carbocycles. The van der Waals surface area contributed by atoms with Crippen molar-refractivity contribution in [3.05, 3.63) is 48.0 Å². The minimum atomic E-state index is -0.0331. The maximum Gasteiger partial charge on any atom is 0.161 e. The summed E-state index contributed by atoms with van der Waals surface area (Å²) < 4.78 is 5.60. The molecule has 0 saturated heterocycles. The zero-order valence-electron chi connectivity index (χ0n) is 12.5. The Balaban J connectivity index is 2.11. The molecule has 0 atom stereocenters. The van der Waals surface area contributed by atoms with Crippen molar-refractivity contribution in [1.82, 2.24) is 0 Å². The number of ether oxygens (including phenoxy) is 1. The Morgan fingerprint density at radius 1 is 1.10 bits per heavy atom. The maximum atomic E-state index is 11.3. The first-order valence-electron chi connectivity index (χ1n) is 6.90. The number of nitrogen functional groups attached to an aromatic ring is 1. The van der Waals surface area contributed by atoms with Crippen LogP contribution in [0, 0.1) is 0 Å². The molecule has 0 radical (unpaired) electrons. The third-order valence-corrected chi connectivity index (χ3v) is 2.95. The van der Waals surface area contributed by atoms with E-state index in [-0.39, 0.29) is 11.9 Å². The molecule has 2 aromatic carbocycles. The number of carbonyl (C=O) groups excluding carboxylic acids is 1. The van der Waals surface area contributed by atoms with E-state index in [9.17, 15) is 4.79 Å². The summed E-state index contributed by atoms with van der Waals surface area (Å²) in [6, 6.07) is 13.0. The fourth-order valence-electron chi connectivity index (χ4n) is 2.02. The Bertz CT molecular complexity index is 634. The fourth-order valence-corrected chi connectivity index (χ4v) is 2.02. The Labute approximate surface area is 124 Å². The number of nitrogens with two attached hydrogens (primary N) is 1. The molecule has 0 heterocycles. The van der Waals surface area contributed by atoms with Gasteiger partial charge >= 0.3 is 0 Å². The fraction of sp³-hybridized carbons (Fsp3) is 0.235. The van der Waals surface area contributed by atoms with E-state index in [0.29, 0.717) is 11.3 Å². The Kier molecular flexibility index (Phi) is 4.48. The predicted octanol–water partition coefficient (Wildman–Crippen LogP) is 4.00. The lowest BCUT2D eigenvalue weighted by atomic mass is 10.1. The summed E-state index contributed by atoms with van der Waals surface area (Å²) in [6.07, 6.45) is 0.155. The van der Waals surface area contributed by atoms with Crippen LogP contribution < -0.4 is 15.8 Å².